The van der Waals surface area contributed by atoms with Gasteiger partial charge < -0.3 is 14.4 Å². The van der Waals surface area contributed by atoms with Crippen LogP contribution in [0.15, 0.2) is 0 Å². The number of hydrogen-bond donors (Lipinski definition) is 0. The van der Waals surface area contributed by atoms with Gasteiger partial charge in [-0.25, -0.2) is 4.79 Å². The largest absolute Gasteiger partial charge is 0.444 e. The van der Waals surface area contributed by atoms with Crippen LogP contribution < -0.4 is 0 Å². The van der Waals surface area contributed by atoms with E-state index in [1.807, 2.05) is 25.7 Å². The number of carbonyl (C=O) groups excluding carboxylic acids is 2. The molecule has 108 valence electrons. The summed E-state index contributed by atoms with van der Waals surface area (Å²) >= 11 is 0. The Morgan fingerprint density at radius 1 is 1.37 bits per heavy atom. The lowest BCUT2D eigenvalue weighted by molar-refractivity contribution is -0.138. The van der Waals surface area contributed by atoms with Crippen molar-refractivity contribution in [3.05, 3.63) is 0 Å². The second-order valence-electron chi connectivity index (χ2n) is 6.01. The Labute approximate surface area is 113 Å². The monoisotopic (exact) mass is 270 g/mol. The number of carbonyl (C=O) groups is 2. The van der Waals surface area contributed by atoms with Gasteiger partial charge in [-0.15, -0.1) is 0 Å². The minimum absolute atomic E-state index is 0.0207. The van der Waals surface area contributed by atoms with E-state index in [1.54, 1.807) is 0 Å². The van der Waals surface area contributed by atoms with E-state index in [0.717, 1.165) is 6.42 Å². The molecule has 0 radical (unpaired) electrons. The van der Waals surface area contributed by atoms with Crippen molar-refractivity contribution in [2.75, 3.05) is 32.8 Å². The molecule has 2 aliphatic rings. The number of amides is 2. The van der Waals surface area contributed by atoms with Crippen LogP contribution in [0.1, 0.15) is 27.2 Å². The predicted octanol–water partition coefficient (Wildman–Crippen LogP) is 0.855. The van der Waals surface area contributed by atoms with Gasteiger partial charge in [0.05, 0.1) is 12.6 Å². The van der Waals surface area contributed by atoms with Crippen LogP contribution in [0, 0.1) is 0 Å². The van der Waals surface area contributed by atoms with E-state index >= 15 is 0 Å². The van der Waals surface area contributed by atoms with Gasteiger partial charge >= 0.3 is 6.09 Å². The van der Waals surface area contributed by atoms with Gasteiger partial charge in [-0.2, -0.15) is 0 Å². The summed E-state index contributed by atoms with van der Waals surface area (Å²) in [4.78, 5) is 27.3. The number of rotatable bonds is 1. The maximum atomic E-state index is 12.1. The first-order chi connectivity index (χ1) is 8.87. The molecule has 0 N–H and O–H groups in total. The highest BCUT2D eigenvalue weighted by Gasteiger charge is 2.34. The third-order valence-electron chi connectivity index (χ3n) is 3.26. The Kier molecular flexibility index (Phi) is 3.99. The van der Waals surface area contributed by atoms with E-state index in [2.05, 4.69) is 0 Å². The molecule has 0 aliphatic carbocycles. The second-order valence-corrected chi connectivity index (χ2v) is 6.01. The van der Waals surface area contributed by atoms with Crippen LogP contribution in [0.3, 0.4) is 0 Å². The fraction of sp³-hybridized carbons (Fsp3) is 0.846. The molecule has 0 spiro atoms. The molecule has 19 heavy (non-hydrogen) atoms. The first kappa shape index (κ1) is 14.1. The molecule has 2 fully saturated rings. The normalized spacial score (nSPS) is 24.8. The van der Waals surface area contributed by atoms with E-state index in [9.17, 15) is 9.59 Å². The summed E-state index contributed by atoms with van der Waals surface area (Å²) in [6.45, 7) is 7.97. The van der Waals surface area contributed by atoms with Crippen LogP contribution in [0.25, 0.3) is 0 Å². The minimum Gasteiger partial charge on any atom is -0.444 e. The van der Waals surface area contributed by atoms with Gasteiger partial charge in [0.25, 0.3) is 0 Å². The van der Waals surface area contributed by atoms with Crippen LogP contribution >= 0.6 is 0 Å². The maximum absolute atomic E-state index is 12.1. The molecule has 0 bridgehead atoms. The molecule has 0 saturated carbocycles. The van der Waals surface area contributed by atoms with Crippen LogP contribution in [-0.2, 0) is 14.3 Å². The molecule has 0 aromatic carbocycles. The van der Waals surface area contributed by atoms with Crippen LogP contribution in [0.2, 0.25) is 0 Å². The fourth-order valence-corrected chi connectivity index (χ4v) is 2.32. The molecular weight excluding hydrogens is 248 g/mol. The van der Waals surface area contributed by atoms with E-state index in [-0.39, 0.29) is 18.5 Å². The number of nitrogens with zero attached hydrogens (tertiary/aromatic N) is 2. The highest BCUT2D eigenvalue weighted by Crippen LogP contribution is 2.17. The van der Waals surface area contributed by atoms with E-state index in [0.29, 0.717) is 26.3 Å². The molecule has 6 heteroatoms. The van der Waals surface area contributed by atoms with Crippen molar-refractivity contribution in [1.82, 2.24) is 9.80 Å². The summed E-state index contributed by atoms with van der Waals surface area (Å²) in [6, 6.07) is 0.174. The first-order valence-electron chi connectivity index (χ1n) is 6.72. The summed E-state index contributed by atoms with van der Waals surface area (Å²) < 4.78 is 10.6. The van der Waals surface area contributed by atoms with E-state index < -0.39 is 11.7 Å². The number of hydrogen-bond acceptors (Lipinski definition) is 4. The molecule has 1 unspecified atom stereocenters. The van der Waals surface area contributed by atoms with Crippen molar-refractivity contribution in [2.24, 2.45) is 0 Å². The van der Waals surface area contributed by atoms with Crippen molar-refractivity contribution < 1.29 is 19.1 Å². The van der Waals surface area contributed by atoms with Crippen LogP contribution in [-0.4, -0.2) is 66.3 Å². The van der Waals surface area contributed by atoms with Crippen LogP contribution in [0.5, 0.6) is 0 Å². The molecule has 1 atom stereocenters. The van der Waals surface area contributed by atoms with Gasteiger partial charge in [0, 0.05) is 19.7 Å². The smallest absolute Gasteiger partial charge is 0.410 e. The molecule has 0 aromatic heterocycles. The summed E-state index contributed by atoms with van der Waals surface area (Å²) in [5, 5.41) is 0. The molecular formula is C13H22N2O4. The maximum Gasteiger partial charge on any atom is 0.410 e. The zero-order valence-corrected chi connectivity index (χ0v) is 11.8. The lowest BCUT2D eigenvalue weighted by atomic mass is 10.2. The third kappa shape index (κ3) is 3.59. The molecule has 6 nitrogen and oxygen atoms in total. The molecule has 2 aliphatic heterocycles. The summed E-state index contributed by atoms with van der Waals surface area (Å²) in [7, 11) is 0. The fourth-order valence-electron chi connectivity index (χ4n) is 2.32. The van der Waals surface area contributed by atoms with Crippen molar-refractivity contribution in [3.63, 3.8) is 0 Å². The number of ether oxygens (including phenoxy) is 2. The quantitative estimate of drug-likeness (QED) is 0.709. The van der Waals surface area contributed by atoms with Crippen molar-refractivity contribution in [3.8, 4) is 0 Å². The summed E-state index contributed by atoms with van der Waals surface area (Å²) in [6.07, 6.45) is 0.473. The Balaban J connectivity index is 1.89. The zero-order valence-electron chi connectivity index (χ0n) is 11.8. The average Bonchev–Trinajstić information content (AvgIpc) is 2.79. The molecule has 0 aromatic rings. The van der Waals surface area contributed by atoms with E-state index in [4.69, 9.17) is 9.47 Å². The van der Waals surface area contributed by atoms with Gasteiger partial charge in [0.15, 0.2) is 0 Å². The summed E-state index contributed by atoms with van der Waals surface area (Å²) in [5.41, 5.74) is -0.531. The number of piperazine rings is 1. The Bertz CT molecular complexity index is 358. The molecule has 2 rings (SSSR count). The Morgan fingerprint density at radius 2 is 2.11 bits per heavy atom. The highest BCUT2D eigenvalue weighted by atomic mass is 16.6. The molecule has 2 amide bonds. The van der Waals surface area contributed by atoms with Crippen molar-refractivity contribution in [2.45, 2.75) is 38.8 Å². The van der Waals surface area contributed by atoms with E-state index in [1.165, 1.54) is 4.90 Å². The van der Waals surface area contributed by atoms with Crippen molar-refractivity contribution in [1.29, 1.82) is 0 Å². The standard InChI is InChI=1S/C13H22N2O4/c1-13(2,3)19-12(17)14-5-6-15(11(16)8-14)10-4-7-18-9-10/h10H,4-9H2,1-3H3. The predicted molar refractivity (Wildman–Crippen MR) is 68.7 cm³/mol. The second kappa shape index (κ2) is 5.36. The van der Waals surface area contributed by atoms with Gasteiger partial charge in [0.2, 0.25) is 5.91 Å². The zero-order chi connectivity index (χ0) is 14.0. The SMILES string of the molecule is CC(C)(C)OC(=O)N1CCN(C2CCOC2)C(=O)C1. The van der Waals surface area contributed by atoms with Crippen LogP contribution in [0.4, 0.5) is 4.79 Å². The topological polar surface area (TPSA) is 59.1 Å². The first-order valence-corrected chi connectivity index (χ1v) is 6.72. The Hall–Kier alpha value is -1.30. The lowest BCUT2D eigenvalue weighted by Crippen LogP contribution is -2.56. The van der Waals surface area contributed by atoms with Gasteiger partial charge in [-0.05, 0) is 27.2 Å². The molecule has 2 saturated heterocycles. The summed E-state index contributed by atoms with van der Waals surface area (Å²) in [5.74, 6) is -0.0207. The molecule has 2 heterocycles. The average molecular weight is 270 g/mol. The highest BCUT2D eigenvalue weighted by molar-refractivity contribution is 5.84. The third-order valence-corrected chi connectivity index (χ3v) is 3.26. The van der Waals surface area contributed by atoms with Gasteiger partial charge in [-0.1, -0.05) is 0 Å². The van der Waals surface area contributed by atoms with Gasteiger partial charge in [-0.3, -0.25) is 9.69 Å². The Morgan fingerprint density at radius 3 is 2.63 bits per heavy atom. The van der Waals surface area contributed by atoms with Crippen molar-refractivity contribution >= 4 is 12.0 Å². The van der Waals surface area contributed by atoms with Gasteiger partial charge in [0.1, 0.15) is 12.1 Å². The minimum atomic E-state index is -0.531. The lowest BCUT2D eigenvalue weighted by Gasteiger charge is -2.37.